The molecule has 0 aliphatic carbocycles. The Labute approximate surface area is 129 Å². The summed E-state index contributed by atoms with van der Waals surface area (Å²) < 4.78 is 5.11. The van der Waals surface area contributed by atoms with Gasteiger partial charge in [0.15, 0.2) is 0 Å². The van der Waals surface area contributed by atoms with Gasteiger partial charge in [-0.05, 0) is 36.1 Å². The van der Waals surface area contributed by atoms with Crippen LogP contribution in [0.15, 0.2) is 41.0 Å². The summed E-state index contributed by atoms with van der Waals surface area (Å²) >= 11 is 0. The van der Waals surface area contributed by atoms with E-state index in [-0.39, 0.29) is 12.5 Å². The lowest BCUT2D eigenvalue weighted by Gasteiger charge is -2.16. The maximum absolute atomic E-state index is 12.0. The topological polar surface area (TPSA) is 71.3 Å². The molecule has 0 aliphatic heterocycles. The molecular formula is C17H20N2O3. The van der Waals surface area contributed by atoms with Crippen LogP contribution in [-0.2, 0) is 16.1 Å². The summed E-state index contributed by atoms with van der Waals surface area (Å²) in [4.78, 5) is 23.9. The molecule has 5 heteroatoms. The number of anilines is 1. The van der Waals surface area contributed by atoms with E-state index in [2.05, 4.69) is 10.6 Å². The van der Waals surface area contributed by atoms with Gasteiger partial charge in [0.05, 0.1) is 12.8 Å². The summed E-state index contributed by atoms with van der Waals surface area (Å²) in [5.74, 6) is -0.515. The third-order valence-electron chi connectivity index (χ3n) is 3.38. The second-order valence-electron chi connectivity index (χ2n) is 5.41. The zero-order valence-corrected chi connectivity index (χ0v) is 13.0. The van der Waals surface area contributed by atoms with Crippen molar-refractivity contribution in [2.24, 2.45) is 0 Å². The minimum absolute atomic E-state index is 0.185. The largest absolute Gasteiger partial charge is 0.467 e. The van der Waals surface area contributed by atoms with Crippen molar-refractivity contribution >= 4 is 17.5 Å². The van der Waals surface area contributed by atoms with E-state index in [1.165, 1.54) is 6.26 Å². The van der Waals surface area contributed by atoms with Crippen LogP contribution in [0.5, 0.6) is 0 Å². The number of aryl methyl sites for hydroxylation is 1. The lowest BCUT2D eigenvalue weighted by molar-refractivity contribution is -0.136. The average Bonchev–Trinajstić information content (AvgIpc) is 2.99. The molecule has 22 heavy (non-hydrogen) atoms. The third-order valence-corrected chi connectivity index (χ3v) is 3.38. The van der Waals surface area contributed by atoms with E-state index in [4.69, 9.17) is 4.42 Å². The van der Waals surface area contributed by atoms with Crippen molar-refractivity contribution in [2.45, 2.75) is 33.2 Å². The molecule has 5 nitrogen and oxygen atoms in total. The minimum atomic E-state index is -0.686. The lowest BCUT2D eigenvalue weighted by atomic mass is 9.98. The van der Waals surface area contributed by atoms with Gasteiger partial charge in [-0.25, -0.2) is 0 Å². The Morgan fingerprint density at radius 3 is 2.55 bits per heavy atom. The average molecular weight is 300 g/mol. The minimum Gasteiger partial charge on any atom is -0.467 e. The van der Waals surface area contributed by atoms with Gasteiger partial charge in [0.1, 0.15) is 5.76 Å². The van der Waals surface area contributed by atoms with Gasteiger partial charge < -0.3 is 15.1 Å². The molecule has 1 aromatic carbocycles. The van der Waals surface area contributed by atoms with Gasteiger partial charge in [0.2, 0.25) is 0 Å². The molecule has 0 fully saturated rings. The van der Waals surface area contributed by atoms with Gasteiger partial charge in [-0.2, -0.15) is 0 Å². The Hall–Kier alpha value is -2.56. The summed E-state index contributed by atoms with van der Waals surface area (Å²) in [7, 11) is 0. The van der Waals surface area contributed by atoms with Gasteiger partial charge in [0, 0.05) is 5.69 Å². The molecule has 2 N–H and O–H groups in total. The molecule has 1 aromatic heterocycles. The van der Waals surface area contributed by atoms with Crippen molar-refractivity contribution < 1.29 is 14.0 Å². The van der Waals surface area contributed by atoms with Crippen molar-refractivity contribution in [3.8, 4) is 0 Å². The number of amides is 2. The zero-order chi connectivity index (χ0) is 16.1. The van der Waals surface area contributed by atoms with Crippen LogP contribution in [0, 0.1) is 6.92 Å². The van der Waals surface area contributed by atoms with Crippen LogP contribution in [0.4, 0.5) is 5.69 Å². The molecule has 116 valence electrons. The van der Waals surface area contributed by atoms with E-state index in [9.17, 15) is 9.59 Å². The fourth-order valence-corrected chi connectivity index (χ4v) is 2.17. The number of hydrogen-bond acceptors (Lipinski definition) is 3. The molecular weight excluding hydrogens is 280 g/mol. The van der Waals surface area contributed by atoms with Crippen LogP contribution in [0.3, 0.4) is 0 Å². The van der Waals surface area contributed by atoms with E-state index in [0.717, 1.165) is 11.1 Å². The summed E-state index contributed by atoms with van der Waals surface area (Å²) in [5.41, 5.74) is 2.64. The Morgan fingerprint density at radius 1 is 1.14 bits per heavy atom. The van der Waals surface area contributed by atoms with Gasteiger partial charge >= 0.3 is 11.8 Å². The summed E-state index contributed by atoms with van der Waals surface area (Å²) in [5, 5.41) is 5.24. The van der Waals surface area contributed by atoms with Crippen LogP contribution >= 0.6 is 0 Å². The Morgan fingerprint density at radius 2 is 1.91 bits per heavy atom. The highest BCUT2D eigenvalue weighted by Gasteiger charge is 2.17. The molecule has 0 spiro atoms. The zero-order valence-electron chi connectivity index (χ0n) is 13.0. The standard InChI is InChI=1S/C17H20N2O3/c1-11(2)14-8-4-6-12(3)15(14)19-17(21)16(20)18-10-13-7-5-9-22-13/h4-9,11H,10H2,1-3H3,(H,18,20)(H,19,21). The first-order valence-corrected chi connectivity index (χ1v) is 7.20. The number of carbonyl (C=O) groups excluding carboxylic acids is 2. The second-order valence-corrected chi connectivity index (χ2v) is 5.41. The quantitative estimate of drug-likeness (QED) is 0.853. The number of furan rings is 1. The highest BCUT2D eigenvalue weighted by atomic mass is 16.3. The van der Waals surface area contributed by atoms with Gasteiger partial charge in [0.25, 0.3) is 0 Å². The smallest absolute Gasteiger partial charge is 0.313 e. The predicted octanol–water partition coefficient (Wildman–Crippen LogP) is 2.97. The lowest BCUT2D eigenvalue weighted by Crippen LogP contribution is -2.35. The summed E-state index contributed by atoms with van der Waals surface area (Å²) in [6, 6.07) is 9.26. The van der Waals surface area contributed by atoms with Gasteiger partial charge in [-0.15, -0.1) is 0 Å². The van der Waals surface area contributed by atoms with E-state index < -0.39 is 11.8 Å². The van der Waals surface area contributed by atoms with Crippen LogP contribution < -0.4 is 10.6 Å². The molecule has 0 unspecified atom stereocenters. The second kappa shape index (κ2) is 6.93. The fourth-order valence-electron chi connectivity index (χ4n) is 2.17. The first-order valence-electron chi connectivity index (χ1n) is 7.20. The van der Waals surface area contributed by atoms with E-state index in [1.807, 2.05) is 39.0 Å². The normalized spacial score (nSPS) is 10.5. The fraction of sp³-hybridized carbons (Fsp3) is 0.294. The van der Waals surface area contributed by atoms with Crippen molar-refractivity contribution in [1.82, 2.24) is 5.32 Å². The first-order chi connectivity index (χ1) is 10.5. The molecule has 0 saturated carbocycles. The number of hydrogen-bond donors (Lipinski definition) is 2. The molecule has 2 rings (SSSR count). The van der Waals surface area contributed by atoms with Crippen LogP contribution in [0.1, 0.15) is 36.7 Å². The van der Waals surface area contributed by atoms with E-state index in [1.54, 1.807) is 12.1 Å². The maximum Gasteiger partial charge on any atom is 0.313 e. The van der Waals surface area contributed by atoms with Crippen molar-refractivity contribution in [2.75, 3.05) is 5.32 Å². The SMILES string of the molecule is Cc1cccc(C(C)C)c1NC(=O)C(=O)NCc1ccco1. The molecule has 2 amide bonds. The van der Waals surface area contributed by atoms with E-state index >= 15 is 0 Å². The molecule has 0 bridgehead atoms. The number of carbonyl (C=O) groups is 2. The van der Waals surface area contributed by atoms with Crippen molar-refractivity contribution in [3.05, 3.63) is 53.5 Å². The predicted molar refractivity (Wildman–Crippen MR) is 84.5 cm³/mol. The van der Waals surface area contributed by atoms with Crippen LogP contribution in [-0.4, -0.2) is 11.8 Å². The molecule has 1 heterocycles. The highest BCUT2D eigenvalue weighted by Crippen LogP contribution is 2.27. The Bertz CT molecular complexity index is 661. The molecule has 0 atom stereocenters. The molecule has 2 aromatic rings. The number of rotatable bonds is 4. The summed E-state index contributed by atoms with van der Waals surface area (Å²) in [6.07, 6.45) is 1.52. The van der Waals surface area contributed by atoms with Crippen molar-refractivity contribution in [1.29, 1.82) is 0 Å². The maximum atomic E-state index is 12.0. The molecule has 0 saturated heterocycles. The van der Waals surface area contributed by atoms with Crippen LogP contribution in [0.2, 0.25) is 0 Å². The van der Waals surface area contributed by atoms with Gasteiger partial charge in [-0.3, -0.25) is 9.59 Å². The monoisotopic (exact) mass is 300 g/mol. The van der Waals surface area contributed by atoms with Gasteiger partial charge in [-0.1, -0.05) is 32.0 Å². The van der Waals surface area contributed by atoms with E-state index in [0.29, 0.717) is 11.4 Å². The first kappa shape index (κ1) is 15.8. The Kier molecular flexibility index (Phi) is 4.99. The number of benzene rings is 1. The third kappa shape index (κ3) is 3.75. The number of para-hydroxylation sites is 1. The molecule has 0 radical (unpaired) electrons. The van der Waals surface area contributed by atoms with Crippen LogP contribution in [0.25, 0.3) is 0 Å². The summed E-state index contributed by atoms with van der Waals surface area (Å²) in [6.45, 7) is 6.18. The Balaban J connectivity index is 2.04. The van der Waals surface area contributed by atoms with Crippen molar-refractivity contribution in [3.63, 3.8) is 0 Å². The highest BCUT2D eigenvalue weighted by molar-refractivity contribution is 6.39. The molecule has 0 aliphatic rings. The number of nitrogens with one attached hydrogen (secondary N) is 2.